The van der Waals surface area contributed by atoms with Crippen LogP contribution in [0.5, 0.6) is 11.5 Å². The number of esters is 2. The summed E-state index contributed by atoms with van der Waals surface area (Å²) in [4.78, 5) is 23.6. The molecule has 1 saturated heterocycles. The van der Waals surface area contributed by atoms with Crippen LogP contribution in [0.25, 0.3) is 0 Å². The van der Waals surface area contributed by atoms with E-state index < -0.39 is 17.7 Å². The topological polar surface area (TPSA) is 94.1 Å². The second-order valence-corrected chi connectivity index (χ2v) is 5.74. The molecular weight excluding hydrogens is 358 g/mol. The standard InChI is InChI=1S/C14H14BrNO6/c1-14(2)21-12(18)8(13(19)22-14)6-16-10-5-7(20-3)4-9(15)11(10)17/h4-6,16-17H,1-3H3. The molecule has 0 amide bonds. The van der Waals surface area contributed by atoms with E-state index >= 15 is 0 Å². The van der Waals surface area contributed by atoms with Crippen LogP contribution in [0.3, 0.4) is 0 Å². The number of benzene rings is 1. The van der Waals surface area contributed by atoms with Gasteiger partial charge in [0.2, 0.25) is 0 Å². The Morgan fingerprint density at radius 1 is 1.27 bits per heavy atom. The lowest BCUT2D eigenvalue weighted by molar-refractivity contribution is -0.222. The van der Waals surface area contributed by atoms with Crippen molar-refractivity contribution < 1.29 is 28.9 Å². The Hall–Kier alpha value is -2.22. The molecule has 7 nitrogen and oxygen atoms in total. The molecule has 0 aliphatic carbocycles. The number of carbonyl (C=O) groups excluding carboxylic acids is 2. The van der Waals surface area contributed by atoms with Gasteiger partial charge in [-0.25, -0.2) is 9.59 Å². The number of hydrogen-bond donors (Lipinski definition) is 2. The summed E-state index contributed by atoms with van der Waals surface area (Å²) in [5.74, 6) is -2.55. The van der Waals surface area contributed by atoms with E-state index in [2.05, 4.69) is 21.2 Å². The molecule has 0 bridgehead atoms. The molecule has 1 fully saturated rings. The first-order chi connectivity index (χ1) is 10.2. The minimum Gasteiger partial charge on any atom is -0.505 e. The molecule has 22 heavy (non-hydrogen) atoms. The van der Waals surface area contributed by atoms with Gasteiger partial charge in [-0.05, 0) is 22.0 Å². The number of ether oxygens (including phenoxy) is 3. The van der Waals surface area contributed by atoms with Crippen LogP contribution >= 0.6 is 15.9 Å². The van der Waals surface area contributed by atoms with Crippen molar-refractivity contribution in [1.82, 2.24) is 0 Å². The number of halogens is 1. The van der Waals surface area contributed by atoms with Crippen LogP contribution < -0.4 is 10.1 Å². The predicted octanol–water partition coefficient (Wildman–Crippen LogP) is 2.30. The van der Waals surface area contributed by atoms with Crippen LogP contribution in [0, 0.1) is 0 Å². The largest absolute Gasteiger partial charge is 0.505 e. The molecule has 0 unspecified atom stereocenters. The Morgan fingerprint density at radius 3 is 2.41 bits per heavy atom. The van der Waals surface area contributed by atoms with Crippen LogP contribution in [0.15, 0.2) is 28.4 Å². The predicted molar refractivity (Wildman–Crippen MR) is 80.3 cm³/mol. The fourth-order valence-electron chi connectivity index (χ4n) is 1.73. The molecule has 0 atom stereocenters. The van der Waals surface area contributed by atoms with Gasteiger partial charge >= 0.3 is 11.9 Å². The highest BCUT2D eigenvalue weighted by Gasteiger charge is 2.38. The van der Waals surface area contributed by atoms with Gasteiger partial charge in [-0.15, -0.1) is 0 Å². The van der Waals surface area contributed by atoms with E-state index in [0.29, 0.717) is 10.2 Å². The number of nitrogens with one attached hydrogen (secondary N) is 1. The summed E-state index contributed by atoms with van der Waals surface area (Å²) in [6.45, 7) is 2.91. The number of carbonyl (C=O) groups is 2. The van der Waals surface area contributed by atoms with E-state index in [1.807, 2.05) is 0 Å². The Bertz CT molecular complexity index is 646. The maximum absolute atomic E-state index is 11.8. The molecule has 1 aromatic carbocycles. The zero-order valence-corrected chi connectivity index (χ0v) is 13.7. The number of phenolic OH excluding ortho intramolecular Hbond substituents is 1. The van der Waals surface area contributed by atoms with Crippen LogP contribution in [-0.4, -0.2) is 29.9 Å². The van der Waals surface area contributed by atoms with Gasteiger partial charge in [-0.1, -0.05) is 0 Å². The van der Waals surface area contributed by atoms with Gasteiger partial charge in [0.25, 0.3) is 5.79 Å². The number of phenols is 1. The fraction of sp³-hybridized carbons (Fsp3) is 0.286. The molecule has 0 radical (unpaired) electrons. The first-order valence-electron chi connectivity index (χ1n) is 6.23. The highest BCUT2D eigenvalue weighted by atomic mass is 79.9. The average molecular weight is 372 g/mol. The summed E-state index contributed by atoms with van der Waals surface area (Å²) < 4.78 is 15.4. The van der Waals surface area contributed by atoms with E-state index in [9.17, 15) is 14.7 Å². The quantitative estimate of drug-likeness (QED) is 0.364. The number of methoxy groups -OCH3 is 1. The van der Waals surface area contributed by atoms with E-state index in [-0.39, 0.29) is 17.0 Å². The normalized spacial score (nSPS) is 16.6. The monoisotopic (exact) mass is 371 g/mol. The molecule has 1 aliphatic rings. The summed E-state index contributed by atoms with van der Waals surface area (Å²) in [5, 5.41) is 12.6. The second-order valence-electron chi connectivity index (χ2n) is 4.89. The maximum Gasteiger partial charge on any atom is 0.350 e. The Morgan fingerprint density at radius 2 is 1.86 bits per heavy atom. The first kappa shape index (κ1) is 16.2. The van der Waals surface area contributed by atoms with Gasteiger partial charge in [-0.3, -0.25) is 0 Å². The van der Waals surface area contributed by atoms with E-state index in [0.717, 1.165) is 6.20 Å². The zero-order chi connectivity index (χ0) is 16.5. The molecule has 0 aromatic heterocycles. The van der Waals surface area contributed by atoms with Crippen molar-refractivity contribution in [2.45, 2.75) is 19.6 Å². The maximum atomic E-state index is 11.8. The minimum atomic E-state index is -1.30. The molecule has 2 rings (SSSR count). The SMILES string of the molecule is COc1cc(Br)c(O)c(NC=C2C(=O)OC(C)(C)OC2=O)c1. The second kappa shape index (κ2) is 5.88. The summed E-state index contributed by atoms with van der Waals surface area (Å²) in [6.07, 6.45) is 1.11. The Balaban J connectivity index is 2.27. The van der Waals surface area contributed by atoms with Crippen molar-refractivity contribution in [3.63, 3.8) is 0 Å². The number of cyclic esters (lactones) is 2. The minimum absolute atomic E-state index is 0.101. The van der Waals surface area contributed by atoms with Gasteiger partial charge in [0.05, 0.1) is 17.3 Å². The molecular formula is C14H14BrNO6. The third-order valence-electron chi connectivity index (χ3n) is 2.76. The van der Waals surface area contributed by atoms with Crippen LogP contribution in [0.2, 0.25) is 0 Å². The van der Waals surface area contributed by atoms with E-state index in [1.54, 1.807) is 6.07 Å². The lowest BCUT2D eigenvalue weighted by Gasteiger charge is -2.29. The molecule has 0 spiro atoms. The van der Waals surface area contributed by atoms with Gasteiger partial charge in [-0.2, -0.15) is 0 Å². The van der Waals surface area contributed by atoms with Crippen molar-refractivity contribution in [3.05, 3.63) is 28.4 Å². The zero-order valence-electron chi connectivity index (χ0n) is 12.1. The third-order valence-corrected chi connectivity index (χ3v) is 3.37. The number of aromatic hydroxyl groups is 1. The Kier molecular flexibility index (Phi) is 4.32. The van der Waals surface area contributed by atoms with Gasteiger partial charge < -0.3 is 24.6 Å². The van der Waals surface area contributed by atoms with Crippen LogP contribution in [0.4, 0.5) is 5.69 Å². The number of anilines is 1. The van der Waals surface area contributed by atoms with Crippen molar-refractivity contribution in [2.24, 2.45) is 0 Å². The van der Waals surface area contributed by atoms with Gasteiger partial charge in [0.15, 0.2) is 11.3 Å². The molecule has 1 heterocycles. The van der Waals surface area contributed by atoms with Crippen molar-refractivity contribution in [3.8, 4) is 11.5 Å². The van der Waals surface area contributed by atoms with Crippen molar-refractivity contribution in [2.75, 3.05) is 12.4 Å². The summed E-state index contributed by atoms with van der Waals surface area (Å²) >= 11 is 3.17. The highest BCUT2D eigenvalue weighted by molar-refractivity contribution is 9.10. The molecule has 1 aromatic rings. The Labute approximate surface area is 135 Å². The van der Waals surface area contributed by atoms with Gasteiger partial charge in [0, 0.05) is 26.1 Å². The first-order valence-corrected chi connectivity index (χ1v) is 7.02. The smallest absolute Gasteiger partial charge is 0.350 e. The highest BCUT2D eigenvalue weighted by Crippen LogP contribution is 2.36. The van der Waals surface area contributed by atoms with E-state index in [1.165, 1.54) is 27.0 Å². The summed E-state index contributed by atoms with van der Waals surface area (Å²) in [6, 6.07) is 3.07. The molecule has 118 valence electrons. The van der Waals surface area contributed by atoms with Crippen LogP contribution in [0.1, 0.15) is 13.8 Å². The van der Waals surface area contributed by atoms with Gasteiger partial charge in [0.1, 0.15) is 5.75 Å². The molecule has 0 saturated carbocycles. The van der Waals surface area contributed by atoms with E-state index in [4.69, 9.17) is 14.2 Å². The molecule has 8 heteroatoms. The van der Waals surface area contributed by atoms with Crippen molar-refractivity contribution in [1.29, 1.82) is 0 Å². The average Bonchev–Trinajstić information content (AvgIpc) is 2.40. The fourth-order valence-corrected chi connectivity index (χ4v) is 2.17. The van der Waals surface area contributed by atoms with Crippen molar-refractivity contribution >= 4 is 33.6 Å². The lowest BCUT2D eigenvalue weighted by Crippen LogP contribution is -2.42. The van der Waals surface area contributed by atoms with Crippen LogP contribution in [-0.2, 0) is 19.1 Å². The molecule has 1 aliphatic heterocycles. The molecule has 2 N–H and O–H groups in total. The summed E-state index contributed by atoms with van der Waals surface area (Å²) in [5.41, 5.74) is -0.0678. The summed E-state index contributed by atoms with van der Waals surface area (Å²) in [7, 11) is 1.47. The third kappa shape index (κ3) is 3.33. The number of rotatable bonds is 3. The number of hydrogen-bond acceptors (Lipinski definition) is 7. The lowest BCUT2D eigenvalue weighted by atomic mass is 10.2.